The fraction of sp³-hybridized carbons (Fsp3) is 0.158. The summed E-state index contributed by atoms with van der Waals surface area (Å²) in [5.74, 6) is -0.821. The largest absolute Gasteiger partial charge is 0.573 e. The zero-order valence-electron chi connectivity index (χ0n) is 14.0. The summed E-state index contributed by atoms with van der Waals surface area (Å²) in [6, 6.07) is 14.6. The lowest BCUT2D eigenvalue weighted by Crippen LogP contribution is -2.18. The van der Waals surface area contributed by atoms with Gasteiger partial charge in [-0.15, -0.1) is 13.2 Å². The van der Waals surface area contributed by atoms with Crippen LogP contribution < -0.4 is 10.2 Å². The Kier molecular flexibility index (Phi) is 5.27. The molecule has 1 heterocycles. The van der Waals surface area contributed by atoms with Gasteiger partial charge >= 0.3 is 6.36 Å². The van der Waals surface area contributed by atoms with E-state index in [1.807, 2.05) is 24.3 Å². The summed E-state index contributed by atoms with van der Waals surface area (Å²) in [6.07, 6.45) is -4.29. The summed E-state index contributed by atoms with van der Waals surface area (Å²) < 4.78 is 40.7. The Morgan fingerprint density at radius 1 is 1.11 bits per heavy atom. The van der Waals surface area contributed by atoms with Gasteiger partial charge in [-0.25, -0.2) is 10.5 Å². The molecule has 0 aliphatic rings. The fourth-order valence-corrected chi connectivity index (χ4v) is 2.73. The molecule has 3 aromatic rings. The van der Waals surface area contributed by atoms with Crippen molar-refractivity contribution in [2.45, 2.75) is 19.2 Å². The number of alkyl halides is 3. The van der Waals surface area contributed by atoms with Gasteiger partial charge in [0.1, 0.15) is 5.75 Å². The van der Waals surface area contributed by atoms with Crippen LogP contribution >= 0.6 is 0 Å². The Hall–Kier alpha value is -3.13. The number of hydrogen-bond donors (Lipinski definition) is 2. The number of hydroxylamine groups is 1. The minimum Gasteiger partial charge on any atom is -0.406 e. The van der Waals surface area contributed by atoms with Crippen molar-refractivity contribution in [3.63, 3.8) is 0 Å². The van der Waals surface area contributed by atoms with Gasteiger partial charge in [0, 0.05) is 17.4 Å². The predicted molar refractivity (Wildman–Crippen MR) is 92.1 cm³/mol. The fourth-order valence-electron chi connectivity index (χ4n) is 2.73. The Morgan fingerprint density at radius 3 is 2.48 bits per heavy atom. The van der Waals surface area contributed by atoms with E-state index in [0.717, 1.165) is 10.9 Å². The van der Waals surface area contributed by atoms with E-state index in [1.54, 1.807) is 11.5 Å². The van der Waals surface area contributed by atoms with E-state index in [4.69, 9.17) is 5.21 Å². The van der Waals surface area contributed by atoms with Gasteiger partial charge < -0.3 is 4.74 Å². The van der Waals surface area contributed by atoms with Gasteiger partial charge in [0.2, 0.25) is 5.91 Å². The molecule has 27 heavy (non-hydrogen) atoms. The molecule has 0 saturated heterocycles. The summed E-state index contributed by atoms with van der Waals surface area (Å²) in [4.78, 5) is 15.9. The monoisotopic (exact) mass is 376 g/mol. The molecule has 0 aliphatic heterocycles. The predicted octanol–water partition coefficient (Wildman–Crippen LogP) is 4.24. The molecule has 2 N–H and O–H groups in total. The molecule has 0 spiro atoms. The van der Waals surface area contributed by atoms with Crippen LogP contribution in [-0.4, -0.2) is 22.5 Å². The minimum atomic E-state index is -4.75. The average molecular weight is 376 g/mol. The van der Waals surface area contributed by atoms with Crippen LogP contribution in [0.2, 0.25) is 0 Å². The number of aromatic nitrogens is 1. The number of hydrogen-bond acceptors (Lipinski definition) is 4. The summed E-state index contributed by atoms with van der Waals surface area (Å²) in [5, 5.41) is 9.53. The third kappa shape index (κ3) is 4.73. The molecule has 0 aliphatic carbocycles. The zero-order valence-corrected chi connectivity index (χ0v) is 14.0. The molecule has 0 bridgehead atoms. The van der Waals surface area contributed by atoms with Crippen molar-refractivity contribution in [3.05, 3.63) is 60.2 Å². The maximum absolute atomic E-state index is 12.3. The SMILES string of the molecule is O=C(CCc1cc(-c2ccc(OC(F)(F)F)cc2)nc2ccccc12)NO. The first kappa shape index (κ1) is 18.7. The second-order valence-electron chi connectivity index (χ2n) is 5.79. The number of nitrogens with zero attached hydrogens (tertiary/aromatic N) is 1. The maximum Gasteiger partial charge on any atom is 0.573 e. The van der Waals surface area contributed by atoms with Gasteiger partial charge in [0.25, 0.3) is 0 Å². The van der Waals surface area contributed by atoms with Crippen LogP contribution in [0.1, 0.15) is 12.0 Å². The van der Waals surface area contributed by atoms with Gasteiger partial charge in [-0.1, -0.05) is 18.2 Å². The van der Waals surface area contributed by atoms with E-state index in [0.29, 0.717) is 23.2 Å². The van der Waals surface area contributed by atoms with E-state index < -0.39 is 12.3 Å². The quantitative estimate of drug-likeness (QED) is 0.516. The summed E-state index contributed by atoms with van der Waals surface area (Å²) in [7, 11) is 0. The molecular weight excluding hydrogens is 361 g/mol. The number of ether oxygens (including phenoxy) is 1. The van der Waals surface area contributed by atoms with Crippen molar-refractivity contribution in [2.75, 3.05) is 0 Å². The van der Waals surface area contributed by atoms with Gasteiger partial charge in [-0.3, -0.25) is 10.0 Å². The molecular formula is C19H15F3N2O3. The van der Waals surface area contributed by atoms with E-state index in [9.17, 15) is 18.0 Å². The Balaban J connectivity index is 1.95. The van der Waals surface area contributed by atoms with Crippen molar-refractivity contribution < 1.29 is 27.9 Å². The van der Waals surface area contributed by atoms with E-state index in [1.165, 1.54) is 24.3 Å². The first-order valence-corrected chi connectivity index (χ1v) is 8.03. The number of aryl methyl sites for hydroxylation is 1. The van der Waals surface area contributed by atoms with Gasteiger partial charge in [0.05, 0.1) is 11.2 Å². The molecule has 140 valence electrons. The highest BCUT2D eigenvalue weighted by atomic mass is 19.4. The summed E-state index contributed by atoms with van der Waals surface area (Å²) in [6.45, 7) is 0. The average Bonchev–Trinajstić information content (AvgIpc) is 2.65. The molecule has 0 radical (unpaired) electrons. The Labute approximate surface area is 152 Å². The smallest absolute Gasteiger partial charge is 0.406 e. The number of amides is 1. The van der Waals surface area contributed by atoms with Gasteiger partial charge in [0.15, 0.2) is 0 Å². The van der Waals surface area contributed by atoms with Crippen LogP contribution in [0.15, 0.2) is 54.6 Å². The summed E-state index contributed by atoms with van der Waals surface area (Å²) in [5.41, 5.74) is 4.31. The first-order chi connectivity index (χ1) is 12.9. The minimum absolute atomic E-state index is 0.0856. The summed E-state index contributed by atoms with van der Waals surface area (Å²) >= 11 is 0. The number of benzene rings is 2. The lowest BCUT2D eigenvalue weighted by Gasteiger charge is -2.11. The number of nitrogens with one attached hydrogen (secondary N) is 1. The number of fused-ring (bicyclic) bond motifs is 1. The van der Waals surface area contributed by atoms with Crippen LogP contribution in [0.5, 0.6) is 5.75 Å². The van der Waals surface area contributed by atoms with Crippen LogP contribution in [0.4, 0.5) is 13.2 Å². The molecule has 2 aromatic carbocycles. The second-order valence-corrected chi connectivity index (χ2v) is 5.79. The lowest BCUT2D eigenvalue weighted by atomic mass is 10.0. The number of carbonyl (C=O) groups excluding carboxylic acids is 1. The van der Waals surface area contributed by atoms with Crippen molar-refractivity contribution >= 4 is 16.8 Å². The molecule has 1 amide bonds. The molecule has 0 saturated carbocycles. The Morgan fingerprint density at radius 2 is 1.81 bits per heavy atom. The number of pyridine rings is 1. The number of para-hydroxylation sites is 1. The standard InChI is InChI=1S/C19H15F3N2O3/c20-19(21,22)27-14-8-5-12(6-9-14)17-11-13(7-10-18(25)24-26)15-3-1-2-4-16(15)23-17/h1-6,8-9,11,26H,7,10H2,(H,24,25). The van der Waals surface area contributed by atoms with E-state index in [2.05, 4.69) is 9.72 Å². The molecule has 8 heteroatoms. The van der Waals surface area contributed by atoms with E-state index >= 15 is 0 Å². The molecule has 0 atom stereocenters. The topological polar surface area (TPSA) is 71.5 Å². The van der Waals surface area contributed by atoms with E-state index in [-0.39, 0.29) is 12.2 Å². The van der Waals surface area contributed by atoms with Crippen molar-refractivity contribution in [2.24, 2.45) is 0 Å². The molecule has 0 unspecified atom stereocenters. The highest BCUT2D eigenvalue weighted by Crippen LogP contribution is 2.28. The highest BCUT2D eigenvalue weighted by Gasteiger charge is 2.31. The molecule has 3 rings (SSSR count). The van der Waals surface area contributed by atoms with Gasteiger partial charge in [-0.2, -0.15) is 0 Å². The zero-order chi connectivity index (χ0) is 19.4. The van der Waals surface area contributed by atoms with Crippen molar-refractivity contribution in [1.82, 2.24) is 10.5 Å². The van der Waals surface area contributed by atoms with Crippen LogP contribution in [0, 0.1) is 0 Å². The molecule has 1 aromatic heterocycles. The third-order valence-corrected chi connectivity index (χ3v) is 3.93. The van der Waals surface area contributed by atoms with Crippen LogP contribution in [0.25, 0.3) is 22.2 Å². The van der Waals surface area contributed by atoms with Crippen molar-refractivity contribution in [1.29, 1.82) is 0 Å². The maximum atomic E-state index is 12.3. The normalized spacial score (nSPS) is 11.4. The van der Waals surface area contributed by atoms with Crippen LogP contribution in [-0.2, 0) is 11.2 Å². The lowest BCUT2D eigenvalue weighted by molar-refractivity contribution is -0.274. The highest BCUT2D eigenvalue weighted by molar-refractivity contribution is 5.86. The Bertz CT molecular complexity index is 957. The number of halogens is 3. The molecule has 5 nitrogen and oxygen atoms in total. The van der Waals surface area contributed by atoms with Crippen molar-refractivity contribution in [3.8, 4) is 17.0 Å². The molecule has 0 fully saturated rings. The number of rotatable bonds is 5. The second kappa shape index (κ2) is 7.63. The first-order valence-electron chi connectivity index (χ1n) is 8.03. The van der Waals surface area contributed by atoms with Crippen LogP contribution in [0.3, 0.4) is 0 Å². The van der Waals surface area contributed by atoms with Gasteiger partial charge in [-0.05, 0) is 48.4 Å². The third-order valence-electron chi connectivity index (χ3n) is 3.93. The number of carbonyl (C=O) groups is 1.